The van der Waals surface area contributed by atoms with Gasteiger partial charge >= 0.3 is 51.4 Å². The van der Waals surface area contributed by atoms with E-state index in [1.54, 1.807) is 0 Å². The third-order valence-corrected chi connectivity index (χ3v) is 0. The Morgan fingerprint density at radius 3 is 0.600 bits per heavy atom. The van der Waals surface area contributed by atoms with Crippen LogP contribution in [-0.2, 0) is 0 Å². The fourth-order valence-corrected chi connectivity index (χ4v) is 0. The number of hydrogen-bond acceptors (Lipinski definition) is 0. The van der Waals surface area contributed by atoms with Crippen LogP contribution >= 0.6 is 0 Å². The summed E-state index contributed by atoms with van der Waals surface area (Å²) < 4.78 is 0. The summed E-state index contributed by atoms with van der Waals surface area (Å²) in [4.78, 5) is 0. The van der Waals surface area contributed by atoms with Gasteiger partial charge in [-0.2, -0.15) is 0 Å². The summed E-state index contributed by atoms with van der Waals surface area (Å²) in [6, 6.07) is 0. The predicted octanol–water partition coefficient (Wildman–Crippen LogP) is 0.956. The van der Waals surface area contributed by atoms with Crippen molar-refractivity contribution in [3.8, 4) is 0 Å². The van der Waals surface area contributed by atoms with E-state index in [0.717, 1.165) is 0 Å². The maximum atomic E-state index is 3.00. The fourth-order valence-electron chi connectivity index (χ4n) is 0. The molecule has 0 atom stereocenters. The summed E-state index contributed by atoms with van der Waals surface area (Å²) in [5.74, 6) is 0. The van der Waals surface area contributed by atoms with Gasteiger partial charge in [0.05, 0.1) is 0 Å². The molecular weight excluding hydrogens is 87.1 g/mol. The SMILES string of the molecule is C=C.C=C.[KH]. The molecule has 0 aromatic carbocycles. The fraction of sp³-hybridized carbons (Fsp3) is 0. The van der Waals surface area contributed by atoms with Crippen molar-refractivity contribution < 1.29 is 0 Å². The average Bonchev–Trinajstić information content (AvgIpc) is 1.50. The molecule has 0 rings (SSSR count). The molecule has 0 heterocycles. The van der Waals surface area contributed by atoms with E-state index in [-0.39, 0.29) is 51.4 Å². The Kier molecular flexibility index (Phi) is 229. The van der Waals surface area contributed by atoms with Crippen LogP contribution in [0, 0.1) is 0 Å². The van der Waals surface area contributed by atoms with E-state index in [0.29, 0.717) is 0 Å². The summed E-state index contributed by atoms with van der Waals surface area (Å²) >= 11 is 0. The molecular formula is C4H9K. The van der Waals surface area contributed by atoms with Crippen LogP contribution in [0.3, 0.4) is 0 Å². The van der Waals surface area contributed by atoms with E-state index < -0.39 is 0 Å². The summed E-state index contributed by atoms with van der Waals surface area (Å²) in [5, 5.41) is 0. The van der Waals surface area contributed by atoms with Gasteiger partial charge < -0.3 is 0 Å². The van der Waals surface area contributed by atoms with Crippen molar-refractivity contribution in [2.45, 2.75) is 0 Å². The topological polar surface area (TPSA) is 0 Å². The van der Waals surface area contributed by atoms with E-state index in [9.17, 15) is 0 Å². The first-order valence-corrected chi connectivity index (χ1v) is 1.000. The molecule has 0 bridgehead atoms. The molecule has 0 spiro atoms. The molecule has 0 aromatic heterocycles. The Labute approximate surface area is 76.4 Å². The van der Waals surface area contributed by atoms with Crippen molar-refractivity contribution in [2.75, 3.05) is 0 Å². The minimum atomic E-state index is 0. The third kappa shape index (κ3) is 39.9. The van der Waals surface area contributed by atoms with E-state index in [1.165, 1.54) is 0 Å². The molecule has 0 aliphatic heterocycles. The van der Waals surface area contributed by atoms with Gasteiger partial charge in [-0.15, -0.1) is 26.3 Å². The van der Waals surface area contributed by atoms with Gasteiger partial charge in [-0.25, -0.2) is 0 Å². The molecule has 0 saturated carbocycles. The van der Waals surface area contributed by atoms with Gasteiger partial charge in [-0.05, 0) is 0 Å². The molecule has 0 radical (unpaired) electrons. The Bertz CT molecular complexity index is 5.61. The van der Waals surface area contributed by atoms with Crippen LogP contribution < -0.4 is 0 Å². The van der Waals surface area contributed by atoms with Gasteiger partial charge in [0, 0.05) is 0 Å². The van der Waals surface area contributed by atoms with Crippen LogP contribution in [0.25, 0.3) is 0 Å². The zero-order valence-corrected chi connectivity index (χ0v) is 2.83. The van der Waals surface area contributed by atoms with Crippen LogP contribution in [0.4, 0.5) is 0 Å². The third-order valence-electron chi connectivity index (χ3n) is 0. The van der Waals surface area contributed by atoms with Crippen molar-refractivity contribution >= 4 is 51.4 Å². The zero-order valence-electron chi connectivity index (χ0n) is 2.83. The molecule has 0 nitrogen and oxygen atoms in total. The van der Waals surface area contributed by atoms with Gasteiger partial charge in [0.25, 0.3) is 0 Å². The quantitative estimate of drug-likeness (QED) is 0.311. The molecule has 1 heteroatoms. The van der Waals surface area contributed by atoms with Crippen LogP contribution in [0.1, 0.15) is 0 Å². The molecule has 0 aliphatic carbocycles. The first-order chi connectivity index (χ1) is 2.00. The average molecular weight is 96.2 g/mol. The molecule has 0 fully saturated rings. The van der Waals surface area contributed by atoms with Gasteiger partial charge in [0.15, 0.2) is 0 Å². The van der Waals surface area contributed by atoms with Crippen LogP contribution in [0.5, 0.6) is 0 Å². The maximum absolute atomic E-state index is 3.00. The second-order valence-corrected chi connectivity index (χ2v) is 0. The van der Waals surface area contributed by atoms with Crippen molar-refractivity contribution in [1.29, 1.82) is 0 Å². The molecule has 26 valence electrons. The summed E-state index contributed by atoms with van der Waals surface area (Å²) in [5.41, 5.74) is 0. The summed E-state index contributed by atoms with van der Waals surface area (Å²) in [6.45, 7) is 12.0. The van der Waals surface area contributed by atoms with Crippen molar-refractivity contribution in [3.05, 3.63) is 26.3 Å². The van der Waals surface area contributed by atoms with Gasteiger partial charge in [-0.3, -0.25) is 0 Å². The summed E-state index contributed by atoms with van der Waals surface area (Å²) in [6.07, 6.45) is 0. The van der Waals surface area contributed by atoms with Crippen molar-refractivity contribution in [1.82, 2.24) is 0 Å². The predicted molar refractivity (Wildman–Crippen MR) is 29.7 cm³/mol. The van der Waals surface area contributed by atoms with Gasteiger partial charge in [0.2, 0.25) is 0 Å². The molecule has 0 N–H and O–H groups in total. The second kappa shape index (κ2) is 69.6. The molecule has 0 amide bonds. The normalized spacial score (nSPS) is 1.60. The number of hydrogen-bond donors (Lipinski definition) is 0. The van der Waals surface area contributed by atoms with E-state index in [2.05, 4.69) is 26.3 Å². The van der Waals surface area contributed by atoms with E-state index in [4.69, 9.17) is 0 Å². The Hall–Kier alpha value is 1.12. The Morgan fingerprint density at radius 2 is 0.600 bits per heavy atom. The Morgan fingerprint density at radius 1 is 0.600 bits per heavy atom. The van der Waals surface area contributed by atoms with Crippen molar-refractivity contribution in [2.24, 2.45) is 0 Å². The van der Waals surface area contributed by atoms with Gasteiger partial charge in [-0.1, -0.05) is 0 Å². The minimum absolute atomic E-state index is 0. The standard InChI is InChI=1S/2C2H4.K.H/c2*1-2;;/h2*1-2H2;;. The summed E-state index contributed by atoms with van der Waals surface area (Å²) in [7, 11) is 0. The first kappa shape index (κ1) is 16.5. The molecule has 0 aromatic rings. The first-order valence-electron chi connectivity index (χ1n) is 1.000. The van der Waals surface area contributed by atoms with E-state index in [1.807, 2.05) is 0 Å². The molecule has 5 heavy (non-hydrogen) atoms. The number of rotatable bonds is 0. The molecule has 0 aliphatic rings. The van der Waals surface area contributed by atoms with Crippen LogP contribution in [0.15, 0.2) is 26.3 Å². The second-order valence-electron chi connectivity index (χ2n) is 0. The van der Waals surface area contributed by atoms with Crippen LogP contribution in [0.2, 0.25) is 0 Å². The van der Waals surface area contributed by atoms with Crippen molar-refractivity contribution in [3.63, 3.8) is 0 Å². The molecule has 0 unspecified atom stereocenters. The molecule has 0 saturated heterocycles. The Balaban J connectivity index is -0.0000000133. The van der Waals surface area contributed by atoms with E-state index >= 15 is 0 Å². The van der Waals surface area contributed by atoms with Crippen LogP contribution in [-0.4, -0.2) is 51.4 Å². The zero-order chi connectivity index (χ0) is 4.00. The van der Waals surface area contributed by atoms with Gasteiger partial charge in [0.1, 0.15) is 0 Å². The monoisotopic (exact) mass is 96.0 g/mol.